The molecule has 1 aromatic rings. The van der Waals surface area contributed by atoms with E-state index in [0.29, 0.717) is 22.4 Å². The van der Waals surface area contributed by atoms with Gasteiger partial charge in [-0.05, 0) is 36.6 Å². The summed E-state index contributed by atoms with van der Waals surface area (Å²) < 4.78 is 0. The van der Waals surface area contributed by atoms with Crippen molar-refractivity contribution in [3.8, 4) is 0 Å². The average molecular weight is 288 g/mol. The highest BCUT2D eigenvalue weighted by atomic mass is 35.5. The van der Waals surface area contributed by atoms with Crippen molar-refractivity contribution in [2.24, 2.45) is 5.92 Å². The van der Waals surface area contributed by atoms with E-state index in [0.717, 1.165) is 18.4 Å². The number of amides is 1. The van der Waals surface area contributed by atoms with Crippen LogP contribution >= 0.6 is 22.9 Å². The molecule has 0 bridgehead atoms. The molecular weight excluding hydrogens is 274 g/mol. The number of hydrogen-bond acceptors (Lipinski definition) is 3. The van der Waals surface area contributed by atoms with Crippen molar-refractivity contribution >= 4 is 34.8 Å². The highest BCUT2D eigenvalue weighted by Gasteiger charge is 2.30. The summed E-state index contributed by atoms with van der Waals surface area (Å²) in [5.41, 5.74) is 0.853. The zero-order chi connectivity index (χ0) is 13.3. The van der Waals surface area contributed by atoms with E-state index in [1.54, 1.807) is 0 Å². The highest BCUT2D eigenvalue weighted by Crippen LogP contribution is 2.32. The Bertz CT molecular complexity index is 482. The number of nitrogens with zero attached hydrogens (tertiary/aromatic N) is 1. The lowest BCUT2D eigenvalue weighted by molar-refractivity contribution is -0.137. The topological polar surface area (TPSA) is 57.6 Å². The van der Waals surface area contributed by atoms with Crippen LogP contribution in [0.4, 0.5) is 0 Å². The maximum Gasteiger partial charge on any atom is 0.323 e. The first-order chi connectivity index (χ1) is 8.49. The van der Waals surface area contributed by atoms with Crippen LogP contribution in [0.15, 0.2) is 5.38 Å². The largest absolute Gasteiger partial charge is 0.480 e. The standard InChI is InChI=1S/C12H14ClNO3S/c1-7-6-18-11(10(7)13)12(17)14(5-9(15)16)4-8-2-3-8/h6,8H,2-5H2,1H3,(H,15,16). The summed E-state index contributed by atoms with van der Waals surface area (Å²) in [6, 6.07) is 0. The molecule has 0 aliphatic heterocycles. The summed E-state index contributed by atoms with van der Waals surface area (Å²) in [4.78, 5) is 24.9. The molecule has 0 atom stereocenters. The van der Waals surface area contributed by atoms with E-state index in [9.17, 15) is 9.59 Å². The van der Waals surface area contributed by atoms with E-state index in [4.69, 9.17) is 16.7 Å². The summed E-state index contributed by atoms with van der Waals surface area (Å²) in [5.74, 6) is -0.811. The predicted molar refractivity (Wildman–Crippen MR) is 70.3 cm³/mol. The molecule has 1 N–H and O–H groups in total. The van der Waals surface area contributed by atoms with Gasteiger partial charge in [0.15, 0.2) is 0 Å². The molecule has 0 aromatic carbocycles. The van der Waals surface area contributed by atoms with Crippen LogP contribution < -0.4 is 0 Å². The fourth-order valence-electron chi connectivity index (χ4n) is 1.71. The molecule has 1 aliphatic carbocycles. The smallest absolute Gasteiger partial charge is 0.323 e. The molecule has 1 amide bonds. The predicted octanol–water partition coefficient (Wildman–Crippen LogP) is 2.65. The molecule has 1 aromatic heterocycles. The van der Waals surface area contributed by atoms with Crippen molar-refractivity contribution in [3.63, 3.8) is 0 Å². The molecule has 1 heterocycles. The number of carbonyl (C=O) groups excluding carboxylic acids is 1. The summed E-state index contributed by atoms with van der Waals surface area (Å²) in [5, 5.41) is 11.1. The van der Waals surface area contributed by atoms with Crippen LogP contribution in [0.5, 0.6) is 0 Å². The van der Waals surface area contributed by atoms with Crippen molar-refractivity contribution in [1.29, 1.82) is 0 Å². The van der Waals surface area contributed by atoms with Crippen LogP contribution in [0.2, 0.25) is 5.02 Å². The van der Waals surface area contributed by atoms with Gasteiger partial charge in [0.1, 0.15) is 11.4 Å². The lowest BCUT2D eigenvalue weighted by atomic mass is 10.3. The normalized spacial score (nSPS) is 14.6. The molecule has 18 heavy (non-hydrogen) atoms. The van der Waals surface area contributed by atoms with E-state index in [1.807, 2.05) is 12.3 Å². The maximum atomic E-state index is 12.3. The molecule has 1 saturated carbocycles. The van der Waals surface area contributed by atoms with Crippen LogP contribution in [0.25, 0.3) is 0 Å². The minimum atomic E-state index is -0.992. The quantitative estimate of drug-likeness (QED) is 0.906. The van der Waals surface area contributed by atoms with Gasteiger partial charge in [-0.1, -0.05) is 11.6 Å². The summed E-state index contributed by atoms with van der Waals surface area (Å²) >= 11 is 7.32. The van der Waals surface area contributed by atoms with Gasteiger partial charge in [0, 0.05) is 6.54 Å². The minimum Gasteiger partial charge on any atom is -0.480 e. The second kappa shape index (κ2) is 5.28. The van der Waals surface area contributed by atoms with Crippen molar-refractivity contribution in [1.82, 2.24) is 4.90 Å². The number of carboxylic acids is 1. The lowest BCUT2D eigenvalue weighted by Gasteiger charge is -2.19. The fourth-order valence-corrected chi connectivity index (χ4v) is 2.95. The Hall–Kier alpha value is -1.07. The monoisotopic (exact) mass is 287 g/mol. The number of hydrogen-bond donors (Lipinski definition) is 1. The van der Waals surface area contributed by atoms with Gasteiger partial charge >= 0.3 is 5.97 Å². The molecule has 0 unspecified atom stereocenters. The van der Waals surface area contributed by atoms with E-state index in [-0.39, 0.29) is 12.5 Å². The lowest BCUT2D eigenvalue weighted by Crippen LogP contribution is -2.37. The third kappa shape index (κ3) is 3.03. The Labute approximate surface area is 114 Å². The van der Waals surface area contributed by atoms with Crippen LogP contribution in [0, 0.1) is 12.8 Å². The molecule has 0 saturated heterocycles. The van der Waals surface area contributed by atoms with Crippen LogP contribution in [0.3, 0.4) is 0 Å². The van der Waals surface area contributed by atoms with Gasteiger partial charge in [-0.3, -0.25) is 9.59 Å². The van der Waals surface area contributed by atoms with Crippen LogP contribution in [0.1, 0.15) is 28.1 Å². The Morgan fingerprint density at radius 3 is 2.67 bits per heavy atom. The number of carboxylic acid groups (broad SMARTS) is 1. The summed E-state index contributed by atoms with van der Waals surface area (Å²) in [6.45, 7) is 2.08. The van der Waals surface area contributed by atoms with E-state index in [1.165, 1.54) is 16.2 Å². The molecule has 2 rings (SSSR count). The van der Waals surface area contributed by atoms with E-state index < -0.39 is 5.97 Å². The van der Waals surface area contributed by atoms with E-state index in [2.05, 4.69) is 0 Å². The van der Waals surface area contributed by atoms with E-state index >= 15 is 0 Å². The second-order valence-electron chi connectivity index (χ2n) is 4.58. The first-order valence-corrected chi connectivity index (χ1v) is 6.99. The molecule has 6 heteroatoms. The second-order valence-corrected chi connectivity index (χ2v) is 5.84. The molecule has 98 valence electrons. The van der Waals surface area contributed by atoms with Crippen molar-refractivity contribution in [2.75, 3.05) is 13.1 Å². The average Bonchev–Trinajstić information content (AvgIpc) is 3.05. The van der Waals surface area contributed by atoms with Crippen LogP contribution in [-0.4, -0.2) is 35.0 Å². The SMILES string of the molecule is Cc1csc(C(=O)N(CC(=O)O)CC2CC2)c1Cl. The Balaban J connectivity index is 2.15. The number of halogens is 1. The Morgan fingerprint density at radius 2 is 2.22 bits per heavy atom. The van der Waals surface area contributed by atoms with Gasteiger partial charge in [0.05, 0.1) is 5.02 Å². The fraction of sp³-hybridized carbons (Fsp3) is 0.500. The Kier molecular flexibility index (Phi) is 3.92. The summed E-state index contributed by atoms with van der Waals surface area (Å²) in [7, 11) is 0. The number of rotatable bonds is 5. The zero-order valence-electron chi connectivity index (χ0n) is 9.98. The van der Waals surface area contributed by atoms with Gasteiger partial charge in [-0.15, -0.1) is 11.3 Å². The van der Waals surface area contributed by atoms with Crippen molar-refractivity contribution in [2.45, 2.75) is 19.8 Å². The minimum absolute atomic E-state index is 0.261. The molecule has 1 fully saturated rings. The van der Waals surface area contributed by atoms with Crippen LogP contribution in [-0.2, 0) is 4.79 Å². The van der Waals surface area contributed by atoms with Gasteiger partial charge < -0.3 is 10.0 Å². The van der Waals surface area contributed by atoms with Crippen molar-refractivity contribution < 1.29 is 14.7 Å². The van der Waals surface area contributed by atoms with Gasteiger partial charge in [-0.2, -0.15) is 0 Å². The Morgan fingerprint density at radius 1 is 1.56 bits per heavy atom. The maximum absolute atomic E-state index is 12.3. The molecule has 4 nitrogen and oxygen atoms in total. The van der Waals surface area contributed by atoms with Gasteiger partial charge in [0.25, 0.3) is 5.91 Å². The number of aliphatic carboxylic acids is 1. The first-order valence-electron chi connectivity index (χ1n) is 5.73. The first kappa shape index (κ1) is 13.4. The highest BCUT2D eigenvalue weighted by molar-refractivity contribution is 7.13. The number of aryl methyl sites for hydroxylation is 1. The number of thiophene rings is 1. The molecule has 0 spiro atoms. The zero-order valence-corrected chi connectivity index (χ0v) is 11.6. The molecular formula is C12H14ClNO3S. The molecule has 1 aliphatic rings. The third-order valence-electron chi connectivity index (χ3n) is 2.88. The van der Waals surface area contributed by atoms with Gasteiger partial charge in [0.2, 0.25) is 0 Å². The van der Waals surface area contributed by atoms with Crippen molar-refractivity contribution in [3.05, 3.63) is 20.8 Å². The number of carbonyl (C=O) groups is 2. The van der Waals surface area contributed by atoms with Gasteiger partial charge in [-0.25, -0.2) is 0 Å². The summed E-state index contributed by atoms with van der Waals surface area (Å²) in [6.07, 6.45) is 2.14. The molecule has 0 radical (unpaired) electrons. The third-order valence-corrected chi connectivity index (χ3v) is 4.57.